The first-order chi connectivity index (χ1) is 9.91. The number of carbonyl (C=O) groups is 1. The van der Waals surface area contributed by atoms with Crippen molar-refractivity contribution in [2.24, 2.45) is 0 Å². The number of ether oxygens (including phenoxy) is 1. The molecule has 0 bridgehead atoms. The number of piperazine rings is 1. The molecule has 1 aromatic rings. The molecule has 118 valence electrons. The van der Waals surface area contributed by atoms with Crippen LogP contribution in [0.25, 0.3) is 0 Å². The maximum absolute atomic E-state index is 12.2. The number of aliphatic hydroxyl groups is 1. The third-order valence-corrected chi connectivity index (χ3v) is 4.78. The number of thiophene rings is 1. The van der Waals surface area contributed by atoms with Gasteiger partial charge in [-0.1, -0.05) is 6.07 Å². The van der Waals surface area contributed by atoms with E-state index in [0.717, 1.165) is 11.4 Å². The number of β-amino-alcohol motifs (C(OH)–C–C–N with tert-alkyl or cyclic N) is 1. The highest BCUT2D eigenvalue weighted by Crippen LogP contribution is 2.21. The lowest BCUT2D eigenvalue weighted by atomic mass is 9.97. The number of rotatable bonds is 6. The molecule has 1 saturated heterocycles. The van der Waals surface area contributed by atoms with Crippen LogP contribution in [0.1, 0.15) is 18.7 Å². The minimum atomic E-state index is -0.583. The lowest BCUT2D eigenvalue weighted by Crippen LogP contribution is -2.63. The minimum absolute atomic E-state index is 0.0976. The van der Waals surface area contributed by atoms with Crippen LogP contribution >= 0.6 is 11.3 Å². The fourth-order valence-corrected chi connectivity index (χ4v) is 3.21. The zero-order valence-electron chi connectivity index (χ0n) is 12.9. The van der Waals surface area contributed by atoms with Gasteiger partial charge in [0.2, 0.25) is 5.91 Å². The van der Waals surface area contributed by atoms with Crippen molar-refractivity contribution in [3.8, 4) is 0 Å². The molecule has 1 aliphatic heterocycles. The van der Waals surface area contributed by atoms with Gasteiger partial charge in [-0.15, -0.1) is 11.3 Å². The second-order valence-corrected chi connectivity index (χ2v) is 7.01. The van der Waals surface area contributed by atoms with Gasteiger partial charge in [-0.3, -0.25) is 9.69 Å². The summed E-state index contributed by atoms with van der Waals surface area (Å²) in [6.07, 6.45) is -0.583. The van der Waals surface area contributed by atoms with Crippen molar-refractivity contribution < 1.29 is 14.6 Å². The summed E-state index contributed by atoms with van der Waals surface area (Å²) in [6, 6.07) is 4.00. The highest BCUT2D eigenvalue weighted by Gasteiger charge is 2.40. The van der Waals surface area contributed by atoms with E-state index in [0.29, 0.717) is 19.7 Å². The van der Waals surface area contributed by atoms with E-state index in [-0.39, 0.29) is 12.5 Å². The Balaban J connectivity index is 1.79. The maximum Gasteiger partial charge on any atom is 0.242 e. The van der Waals surface area contributed by atoms with Gasteiger partial charge in [0.15, 0.2) is 0 Å². The average molecular weight is 312 g/mol. The smallest absolute Gasteiger partial charge is 0.242 e. The Morgan fingerprint density at radius 3 is 2.90 bits per heavy atom. The van der Waals surface area contributed by atoms with Gasteiger partial charge >= 0.3 is 0 Å². The normalized spacial score (nSPS) is 20.8. The van der Waals surface area contributed by atoms with Crippen LogP contribution in [-0.4, -0.2) is 65.7 Å². The van der Waals surface area contributed by atoms with Crippen LogP contribution in [0.5, 0.6) is 0 Å². The second kappa shape index (κ2) is 6.87. The summed E-state index contributed by atoms with van der Waals surface area (Å²) < 4.78 is 5.54. The molecule has 2 heterocycles. The second-order valence-electron chi connectivity index (χ2n) is 5.98. The Kier molecular flexibility index (Phi) is 5.37. The number of hydrogen-bond donors (Lipinski definition) is 1. The van der Waals surface area contributed by atoms with Crippen LogP contribution < -0.4 is 0 Å². The Labute approximate surface area is 130 Å². The number of amides is 1. The summed E-state index contributed by atoms with van der Waals surface area (Å²) in [4.78, 5) is 17.1. The summed E-state index contributed by atoms with van der Waals surface area (Å²) >= 11 is 1.64. The van der Waals surface area contributed by atoms with E-state index < -0.39 is 11.6 Å². The third-order valence-electron chi connectivity index (χ3n) is 3.93. The Morgan fingerprint density at radius 2 is 2.24 bits per heavy atom. The molecule has 2 rings (SSSR count). The van der Waals surface area contributed by atoms with E-state index in [2.05, 4.69) is 0 Å². The van der Waals surface area contributed by atoms with Gasteiger partial charge < -0.3 is 14.7 Å². The predicted molar refractivity (Wildman–Crippen MR) is 83.3 cm³/mol. The molecule has 21 heavy (non-hydrogen) atoms. The zero-order valence-corrected chi connectivity index (χ0v) is 13.7. The maximum atomic E-state index is 12.2. The number of carbonyl (C=O) groups excluding carboxylic acids is 1. The summed E-state index contributed by atoms with van der Waals surface area (Å²) in [7, 11) is 1.82. The molecule has 0 radical (unpaired) electrons. The summed E-state index contributed by atoms with van der Waals surface area (Å²) in [5, 5.41) is 12.1. The van der Waals surface area contributed by atoms with Crippen molar-refractivity contribution in [3.63, 3.8) is 0 Å². The fourth-order valence-electron chi connectivity index (χ4n) is 2.57. The zero-order chi connectivity index (χ0) is 15.5. The molecule has 1 atom stereocenters. The van der Waals surface area contributed by atoms with Gasteiger partial charge in [0.1, 0.15) is 0 Å². The molecule has 1 unspecified atom stereocenters. The van der Waals surface area contributed by atoms with Crippen LogP contribution in [0.4, 0.5) is 0 Å². The van der Waals surface area contributed by atoms with Gasteiger partial charge in [0.05, 0.1) is 24.9 Å². The number of nitrogens with zero attached hydrogens (tertiary/aromatic N) is 2. The molecule has 0 aliphatic carbocycles. The lowest BCUT2D eigenvalue weighted by Gasteiger charge is -2.45. The van der Waals surface area contributed by atoms with Gasteiger partial charge in [-0.2, -0.15) is 0 Å². The van der Waals surface area contributed by atoms with E-state index >= 15 is 0 Å². The van der Waals surface area contributed by atoms with Crippen molar-refractivity contribution in [3.05, 3.63) is 22.4 Å². The number of hydrogen-bond acceptors (Lipinski definition) is 5. The highest BCUT2D eigenvalue weighted by atomic mass is 32.1. The third kappa shape index (κ3) is 4.03. The minimum Gasteiger partial charge on any atom is -0.389 e. The summed E-state index contributed by atoms with van der Waals surface area (Å²) in [5.74, 6) is 0.0976. The summed E-state index contributed by atoms with van der Waals surface area (Å²) in [6.45, 7) is 6.56. The van der Waals surface area contributed by atoms with E-state index in [9.17, 15) is 9.90 Å². The van der Waals surface area contributed by atoms with Crippen molar-refractivity contribution in [2.45, 2.75) is 32.1 Å². The van der Waals surface area contributed by atoms with Gasteiger partial charge in [-0.05, 0) is 25.3 Å². The highest BCUT2D eigenvalue weighted by molar-refractivity contribution is 7.09. The average Bonchev–Trinajstić information content (AvgIpc) is 2.93. The Hall–Kier alpha value is -0.950. The quantitative estimate of drug-likeness (QED) is 0.857. The van der Waals surface area contributed by atoms with Gasteiger partial charge in [0, 0.05) is 31.6 Å². The van der Waals surface area contributed by atoms with Crippen LogP contribution in [0.3, 0.4) is 0 Å². The topological polar surface area (TPSA) is 53.0 Å². The van der Waals surface area contributed by atoms with Crippen LogP contribution in [0.2, 0.25) is 0 Å². The van der Waals surface area contributed by atoms with Crippen molar-refractivity contribution in [2.75, 3.05) is 33.3 Å². The van der Waals surface area contributed by atoms with Gasteiger partial charge in [-0.25, -0.2) is 0 Å². The van der Waals surface area contributed by atoms with Crippen LogP contribution in [0, 0.1) is 0 Å². The van der Waals surface area contributed by atoms with Crippen LogP contribution in [-0.2, 0) is 16.1 Å². The molecule has 0 spiro atoms. The van der Waals surface area contributed by atoms with Crippen molar-refractivity contribution in [1.82, 2.24) is 9.80 Å². The summed E-state index contributed by atoms with van der Waals surface area (Å²) in [5.41, 5.74) is -0.568. The molecule has 5 nitrogen and oxygen atoms in total. The molecule has 1 fully saturated rings. The van der Waals surface area contributed by atoms with E-state index in [1.54, 1.807) is 16.2 Å². The van der Waals surface area contributed by atoms with Crippen molar-refractivity contribution in [1.29, 1.82) is 0 Å². The van der Waals surface area contributed by atoms with Crippen LogP contribution in [0.15, 0.2) is 17.5 Å². The van der Waals surface area contributed by atoms with E-state index in [4.69, 9.17) is 4.74 Å². The molecule has 0 saturated carbocycles. The molecular formula is C15H24N2O3S. The molecule has 1 aliphatic rings. The van der Waals surface area contributed by atoms with Crippen molar-refractivity contribution >= 4 is 17.2 Å². The molecular weight excluding hydrogens is 288 g/mol. The number of likely N-dealkylation sites (N-methyl/N-ethyl adjacent to an activating group) is 1. The standard InChI is InChI=1S/C15H24N2O3S/c1-15(2)14(19)16(3)6-7-17(15)9-12(18)10-20-11-13-5-4-8-21-13/h4-5,8,12,18H,6-7,9-11H2,1-3H3. The number of aliphatic hydroxyl groups excluding tert-OH is 1. The largest absolute Gasteiger partial charge is 0.389 e. The molecule has 1 aromatic heterocycles. The first-order valence-corrected chi connectivity index (χ1v) is 8.08. The Morgan fingerprint density at radius 1 is 1.48 bits per heavy atom. The monoisotopic (exact) mass is 312 g/mol. The van der Waals surface area contributed by atoms with E-state index in [1.807, 2.05) is 43.3 Å². The molecule has 1 amide bonds. The van der Waals surface area contributed by atoms with Gasteiger partial charge in [0.25, 0.3) is 0 Å². The first kappa shape index (κ1) is 16.4. The van der Waals surface area contributed by atoms with E-state index in [1.165, 1.54) is 0 Å². The molecule has 6 heteroatoms. The molecule has 0 aromatic carbocycles. The SMILES string of the molecule is CN1CCN(CC(O)COCc2cccs2)C(C)(C)C1=O. The molecule has 1 N–H and O–H groups in total. The predicted octanol–water partition coefficient (Wildman–Crippen LogP) is 1.18. The first-order valence-electron chi connectivity index (χ1n) is 7.20. The fraction of sp³-hybridized carbons (Fsp3) is 0.667. The Bertz CT molecular complexity index is 461. The lowest BCUT2D eigenvalue weighted by molar-refractivity contribution is -0.148.